The molecule has 2 N–H and O–H groups in total. The Morgan fingerprint density at radius 1 is 1.32 bits per heavy atom. The summed E-state index contributed by atoms with van der Waals surface area (Å²) in [4.78, 5) is 1.18. The zero-order valence-electron chi connectivity index (χ0n) is 11.0. The molecule has 0 aliphatic carbocycles. The van der Waals surface area contributed by atoms with E-state index < -0.39 is 9.84 Å². The number of halogens is 1. The number of thioether (sulfide) groups is 1. The lowest BCUT2D eigenvalue weighted by atomic mass is 10.2. The molecule has 0 aromatic heterocycles. The molecule has 6 heteroatoms. The molecule has 0 amide bonds. The largest absolute Gasteiger partial charge is 0.327 e. The van der Waals surface area contributed by atoms with Gasteiger partial charge in [0.25, 0.3) is 0 Å². The minimum Gasteiger partial charge on any atom is -0.327 e. The van der Waals surface area contributed by atoms with Crippen molar-refractivity contribution < 1.29 is 8.42 Å². The molecule has 1 unspecified atom stereocenters. The molecule has 0 saturated carbocycles. The second kappa shape index (κ2) is 8.29. The Bertz CT molecular complexity index is 474. The first-order valence-electron chi connectivity index (χ1n) is 6.27. The van der Waals surface area contributed by atoms with Gasteiger partial charge in [-0.25, -0.2) is 8.42 Å². The molecule has 108 valence electrons. The van der Waals surface area contributed by atoms with E-state index in [1.807, 2.05) is 24.3 Å². The maximum Gasteiger partial charge on any atom is 0.150 e. The van der Waals surface area contributed by atoms with Crippen molar-refractivity contribution >= 4 is 37.5 Å². The highest BCUT2D eigenvalue weighted by Crippen LogP contribution is 2.21. The molecule has 1 rings (SSSR count). The first kappa shape index (κ1) is 17.0. The van der Waals surface area contributed by atoms with E-state index in [9.17, 15) is 8.42 Å². The van der Waals surface area contributed by atoms with E-state index in [1.54, 1.807) is 18.7 Å². The van der Waals surface area contributed by atoms with Gasteiger partial charge in [0, 0.05) is 26.9 Å². The maximum atomic E-state index is 11.3. The van der Waals surface area contributed by atoms with Crippen molar-refractivity contribution in [3.05, 3.63) is 28.7 Å². The Morgan fingerprint density at radius 2 is 1.95 bits per heavy atom. The SMILES string of the molecule is CCS(=O)(=O)CCCC(N)CSc1ccc(Br)cc1. The molecule has 0 saturated heterocycles. The second-order valence-corrected chi connectivity index (χ2v) is 8.89. The molecular formula is C13H20BrNO2S2. The van der Waals surface area contributed by atoms with Gasteiger partial charge < -0.3 is 5.73 Å². The van der Waals surface area contributed by atoms with Gasteiger partial charge in [-0.3, -0.25) is 0 Å². The van der Waals surface area contributed by atoms with E-state index in [0.29, 0.717) is 6.42 Å². The molecule has 0 heterocycles. The third kappa shape index (κ3) is 7.34. The zero-order valence-corrected chi connectivity index (χ0v) is 14.2. The standard InChI is InChI=1S/C13H20BrNO2S2/c1-2-19(16,17)9-3-4-12(15)10-18-13-7-5-11(14)6-8-13/h5-8,12H,2-4,9-10,15H2,1H3. The van der Waals surface area contributed by atoms with Crippen molar-refractivity contribution in [1.29, 1.82) is 0 Å². The maximum absolute atomic E-state index is 11.3. The smallest absolute Gasteiger partial charge is 0.150 e. The average Bonchev–Trinajstić information content (AvgIpc) is 2.38. The number of sulfone groups is 1. The summed E-state index contributed by atoms with van der Waals surface area (Å²) >= 11 is 5.10. The lowest BCUT2D eigenvalue weighted by Crippen LogP contribution is -2.24. The van der Waals surface area contributed by atoms with Crippen LogP contribution in [0.2, 0.25) is 0 Å². The summed E-state index contributed by atoms with van der Waals surface area (Å²) in [5, 5.41) is 0. The number of nitrogens with two attached hydrogens (primary N) is 1. The third-order valence-corrected chi connectivity index (χ3v) is 6.27. The Kier molecular flexibility index (Phi) is 7.42. The molecule has 1 aromatic rings. The average molecular weight is 366 g/mol. The topological polar surface area (TPSA) is 60.2 Å². The van der Waals surface area contributed by atoms with E-state index in [0.717, 1.165) is 16.6 Å². The summed E-state index contributed by atoms with van der Waals surface area (Å²) < 4.78 is 23.7. The van der Waals surface area contributed by atoms with Crippen LogP contribution in [0.15, 0.2) is 33.6 Å². The van der Waals surface area contributed by atoms with E-state index in [-0.39, 0.29) is 17.5 Å². The fourth-order valence-corrected chi connectivity index (χ4v) is 3.59. The van der Waals surface area contributed by atoms with Gasteiger partial charge in [0.1, 0.15) is 9.84 Å². The predicted molar refractivity (Wildman–Crippen MR) is 86.4 cm³/mol. The summed E-state index contributed by atoms with van der Waals surface area (Å²) in [5.74, 6) is 1.28. The Labute approximate surface area is 128 Å². The van der Waals surface area contributed by atoms with Crippen LogP contribution in [0, 0.1) is 0 Å². The minimum absolute atomic E-state index is 0.0423. The Hall–Kier alpha value is -0.0400. The minimum atomic E-state index is -2.85. The van der Waals surface area contributed by atoms with Crippen LogP contribution >= 0.6 is 27.7 Å². The van der Waals surface area contributed by atoms with Gasteiger partial charge in [0.05, 0.1) is 5.75 Å². The highest BCUT2D eigenvalue weighted by atomic mass is 79.9. The molecule has 1 aromatic carbocycles. The Morgan fingerprint density at radius 3 is 2.53 bits per heavy atom. The van der Waals surface area contributed by atoms with Crippen LogP contribution < -0.4 is 5.73 Å². The van der Waals surface area contributed by atoms with Gasteiger partial charge in [0.15, 0.2) is 0 Å². The summed E-state index contributed by atoms with van der Waals surface area (Å²) in [6, 6.07) is 8.13. The van der Waals surface area contributed by atoms with Crippen LogP contribution in [0.4, 0.5) is 0 Å². The molecule has 3 nitrogen and oxygen atoms in total. The lowest BCUT2D eigenvalue weighted by Gasteiger charge is -2.11. The first-order chi connectivity index (χ1) is 8.93. The van der Waals surface area contributed by atoms with E-state index in [4.69, 9.17) is 5.73 Å². The van der Waals surface area contributed by atoms with Crippen molar-refractivity contribution in [2.24, 2.45) is 5.73 Å². The summed E-state index contributed by atoms with van der Waals surface area (Å²) in [6.07, 6.45) is 1.40. The fraction of sp³-hybridized carbons (Fsp3) is 0.538. The van der Waals surface area contributed by atoms with Crippen molar-refractivity contribution in [1.82, 2.24) is 0 Å². The summed E-state index contributed by atoms with van der Waals surface area (Å²) in [7, 11) is -2.85. The summed E-state index contributed by atoms with van der Waals surface area (Å²) in [6.45, 7) is 1.68. The van der Waals surface area contributed by atoms with Crippen LogP contribution in [0.1, 0.15) is 19.8 Å². The van der Waals surface area contributed by atoms with Gasteiger partial charge in [0.2, 0.25) is 0 Å². The second-order valence-electron chi connectivity index (χ2n) is 4.40. The van der Waals surface area contributed by atoms with Gasteiger partial charge in [-0.15, -0.1) is 11.8 Å². The van der Waals surface area contributed by atoms with E-state index in [2.05, 4.69) is 15.9 Å². The molecule has 19 heavy (non-hydrogen) atoms. The van der Waals surface area contributed by atoms with Gasteiger partial charge in [-0.05, 0) is 37.1 Å². The van der Waals surface area contributed by atoms with Crippen LogP contribution in [0.5, 0.6) is 0 Å². The lowest BCUT2D eigenvalue weighted by molar-refractivity contribution is 0.587. The quantitative estimate of drug-likeness (QED) is 0.719. The van der Waals surface area contributed by atoms with Crippen LogP contribution in [0.3, 0.4) is 0 Å². The molecule has 1 atom stereocenters. The molecule has 0 radical (unpaired) electrons. The Balaban J connectivity index is 2.24. The van der Waals surface area contributed by atoms with Crippen molar-refractivity contribution in [2.75, 3.05) is 17.3 Å². The molecule has 0 aliphatic heterocycles. The zero-order chi connectivity index (χ0) is 14.3. The predicted octanol–water partition coefficient (Wildman–Crippen LogP) is 3.08. The van der Waals surface area contributed by atoms with Gasteiger partial charge >= 0.3 is 0 Å². The molecular weight excluding hydrogens is 346 g/mol. The van der Waals surface area contributed by atoms with E-state index in [1.165, 1.54) is 4.90 Å². The fourth-order valence-electron chi connectivity index (χ4n) is 1.53. The van der Waals surface area contributed by atoms with Crippen LogP contribution in [-0.2, 0) is 9.84 Å². The van der Waals surface area contributed by atoms with Crippen molar-refractivity contribution in [3.63, 3.8) is 0 Å². The number of hydrogen-bond donors (Lipinski definition) is 1. The van der Waals surface area contributed by atoms with Crippen LogP contribution in [-0.4, -0.2) is 31.7 Å². The van der Waals surface area contributed by atoms with Gasteiger partial charge in [-0.1, -0.05) is 22.9 Å². The monoisotopic (exact) mass is 365 g/mol. The number of rotatable bonds is 8. The molecule has 0 spiro atoms. The van der Waals surface area contributed by atoms with Crippen LogP contribution in [0.25, 0.3) is 0 Å². The molecule has 0 aliphatic rings. The van der Waals surface area contributed by atoms with Gasteiger partial charge in [-0.2, -0.15) is 0 Å². The number of hydrogen-bond acceptors (Lipinski definition) is 4. The van der Waals surface area contributed by atoms with E-state index >= 15 is 0 Å². The third-order valence-electron chi connectivity index (χ3n) is 2.75. The molecule has 0 fully saturated rings. The highest BCUT2D eigenvalue weighted by molar-refractivity contribution is 9.10. The first-order valence-corrected chi connectivity index (χ1v) is 9.87. The highest BCUT2D eigenvalue weighted by Gasteiger charge is 2.09. The number of benzene rings is 1. The van der Waals surface area contributed by atoms with Crippen molar-refractivity contribution in [3.8, 4) is 0 Å². The molecule has 0 bridgehead atoms. The normalized spacial score (nSPS) is 13.4. The summed E-state index contributed by atoms with van der Waals surface area (Å²) in [5.41, 5.74) is 6.00. The van der Waals surface area contributed by atoms with Crippen molar-refractivity contribution in [2.45, 2.75) is 30.7 Å².